The van der Waals surface area contributed by atoms with E-state index in [1.165, 1.54) is 33.1 Å². The Morgan fingerprint density at radius 2 is 1.82 bits per heavy atom. The second kappa shape index (κ2) is 10.0. The van der Waals surface area contributed by atoms with E-state index in [1.807, 2.05) is 0 Å². The highest BCUT2D eigenvalue weighted by Gasteiger charge is 2.46. The average molecular weight is 494 g/mol. The van der Waals surface area contributed by atoms with E-state index in [4.69, 9.17) is 14.2 Å². The lowest BCUT2D eigenvalue weighted by Crippen LogP contribution is -2.60. The van der Waals surface area contributed by atoms with Crippen LogP contribution in [0.2, 0.25) is 0 Å². The molecule has 1 fully saturated rings. The lowest BCUT2D eigenvalue weighted by atomic mass is 9.99. The van der Waals surface area contributed by atoms with Crippen molar-refractivity contribution in [1.29, 1.82) is 0 Å². The fourth-order valence-corrected chi connectivity index (χ4v) is 3.68. The van der Waals surface area contributed by atoms with Gasteiger partial charge in [0.2, 0.25) is 12.2 Å². The fourth-order valence-electron chi connectivity index (χ4n) is 3.68. The molecule has 1 aliphatic heterocycles. The van der Waals surface area contributed by atoms with Crippen molar-refractivity contribution in [2.45, 2.75) is 63.2 Å². The summed E-state index contributed by atoms with van der Waals surface area (Å²) in [4.78, 5) is 0. The van der Waals surface area contributed by atoms with Gasteiger partial charge in [-0.2, -0.15) is 13.2 Å². The number of hydrogen-bond acceptors (Lipinski definition) is 8. The molecule has 1 saturated heterocycles. The van der Waals surface area contributed by atoms with Crippen LogP contribution in [0, 0.1) is 5.82 Å². The predicted octanol–water partition coefficient (Wildman–Crippen LogP) is 1.40. The zero-order valence-electron chi connectivity index (χ0n) is 18.5. The fraction of sp³-hybridized carbons (Fsp3) is 0.571. The minimum atomic E-state index is -4.87. The molecule has 1 aromatic carbocycles. The highest BCUT2D eigenvalue weighted by atomic mass is 19.4. The molecule has 5 atom stereocenters. The number of methoxy groups -OCH3 is 1. The van der Waals surface area contributed by atoms with Crippen LogP contribution >= 0.6 is 0 Å². The van der Waals surface area contributed by atoms with Crippen LogP contribution in [0.5, 0.6) is 11.6 Å². The molecule has 1 aliphatic rings. The maximum absolute atomic E-state index is 14.2. The summed E-state index contributed by atoms with van der Waals surface area (Å²) >= 11 is 0. The van der Waals surface area contributed by atoms with Crippen LogP contribution in [0.3, 0.4) is 0 Å². The van der Waals surface area contributed by atoms with Gasteiger partial charge in [-0.15, -0.1) is 5.10 Å². The summed E-state index contributed by atoms with van der Waals surface area (Å²) in [6.07, 6.45) is -13.7. The number of aliphatic hydroxyl groups is 4. The third-order valence-electron chi connectivity index (χ3n) is 5.40. The van der Waals surface area contributed by atoms with Crippen molar-refractivity contribution in [3.8, 4) is 11.6 Å². The van der Waals surface area contributed by atoms with Crippen LogP contribution in [0.4, 0.5) is 17.6 Å². The van der Waals surface area contributed by atoms with E-state index in [0.717, 1.165) is 6.07 Å². The molecule has 9 nitrogen and oxygen atoms in total. The van der Waals surface area contributed by atoms with Gasteiger partial charge in [0, 0.05) is 12.5 Å². The number of aliphatic hydroxyl groups excluding tert-OH is 4. The number of aromatic nitrogens is 2. The number of hydrogen-bond donors (Lipinski definition) is 4. The molecule has 0 bridgehead atoms. The van der Waals surface area contributed by atoms with Gasteiger partial charge in [-0.3, -0.25) is 4.68 Å². The van der Waals surface area contributed by atoms with Crippen molar-refractivity contribution < 1.29 is 52.2 Å². The van der Waals surface area contributed by atoms with Crippen molar-refractivity contribution in [2.75, 3.05) is 13.7 Å². The topological polar surface area (TPSA) is 126 Å². The molecule has 190 valence electrons. The molecular weight excluding hydrogens is 468 g/mol. The van der Waals surface area contributed by atoms with Crippen molar-refractivity contribution >= 4 is 0 Å². The summed E-state index contributed by atoms with van der Waals surface area (Å²) < 4.78 is 72.6. The first-order valence-electron chi connectivity index (χ1n) is 10.4. The Balaban J connectivity index is 2.07. The first-order valence-corrected chi connectivity index (χ1v) is 10.4. The monoisotopic (exact) mass is 494 g/mol. The van der Waals surface area contributed by atoms with E-state index >= 15 is 0 Å². The number of rotatable bonds is 7. The van der Waals surface area contributed by atoms with E-state index in [2.05, 4.69) is 5.10 Å². The maximum atomic E-state index is 14.2. The predicted molar refractivity (Wildman–Crippen MR) is 108 cm³/mol. The van der Waals surface area contributed by atoms with Crippen LogP contribution in [-0.2, 0) is 17.3 Å². The molecule has 1 aromatic heterocycles. The molecule has 0 unspecified atom stereocenters. The Kier molecular flexibility index (Phi) is 7.72. The summed E-state index contributed by atoms with van der Waals surface area (Å²) in [7, 11) is 1.25. The number of ether oxygens (including phenoxy) is 3. The van der Waals surface area contributed by atoms with Gasteiger partial charge in [0.15, 0.2) is 11.6 Å². The smallest absolute Gasteiger partial charge is 0.433 e. The van der Waals surface area contributed by atoms with Gasteiger partial charge in [-0.1, -0.05) is 6.07 Å². The van der Waals surface area contributed by atoms with Crippen LogP contribution in [0.1, 0.15) is 36.7 Å². The third-order valence-corrected chi connectivity index (χ3v) is 5.40. The third kappa shape index (κ3) is 5.13. The molecule has 0 spiro atoms. The number of alkyl halides is 3. The van der Waals surface area contributed by atoms with Gasteiger partial charge in [0.25, 0.3) is 0 Å². The number of benzene rings is 1. The van der Waals surface area contributed by atoms with Crippen LogP contribution < -0.4 is 9.47 Å². The first kappa shape index (κ1) is 26.2. The Hall–Kier alpha value is -2.45. The average Bonchev–Trinajstić information content (AvgIpc) is 3.13. The minimum absolute atomic E-state index is 0.0875. The van der Waals surface area contributed by atoms with Crippen molar-refractivity contribution in [1.82, 2.24) is 9.78 Å². The normalized spacial score (nSPS) is 25.6. The molecule has 0 saturated carbocycles. The molecule has 2 heterocycles. The molecule has 0 aliphatic carbocycles. The second-order valence-corrected chi connectivity index (χ2v) is 8.13. The summed E-state index contributed by atoms with van der Waals surface area (Å²) in [5, 5.41) is 43.4. The molecular formula is C21H26F4N2O7. The van der Waals surface area contributed by atoms with Crippen molar-refractivity contribution in [3.05, 3.63) is 40.8 Å². The number of nitrogens with zero attached hydrogens (tertiary/aromatic N) is 2. The largest absolute Gasteiger partial charge is 0.494 e. The first-order chi connectivity index (χ1) is 15.9. The van der Waals surface area contributed by atoms with Crippen LogP contribution in [-0.4, -0.2) is 74.6 Å². The van der Waals surface area contributed by atoms with Crippen molar-refractivity contribution in [3.63, 3.8) is 0 Å². The standard InChI is InChI=1S/C21H26F4N2O7/c1-9(2)27-18(21(23,24)25)11(6-10-4-5-13(32-3)12(22)7-10)19(26-27)34-20-17(31)16(30)15(29)14(8-28)33-20/h4-5,7,9,14-17,20,28-31H,6,8H2,1-3H3/t14-,15-,16+,17-,20+/m1/s1. The van der Waals surface area contributed by atoms with E-state index in [9.17, 15) is 38.0 Å². The Morgan fingerprint density at radius 1 is 1.15 bits per heavy atom. The van der Waals surface area contributed by atoms with E-state index in [-0.39, 0.29) is 11.3 Å². The summed E-state index contributed by atoms with van der Waals surface area (Å²) in [6.45, 7) is 2.18. The van der Waals surface area contributed by atoms with Crippen LogP contribution in [0.25, 0.3) is 0 Å². The Bertz CT molecular complexity index is 996. The minimum Gasteiger partial charge on any atom is -0.494 e. The summed E-state index contributed by atoms with van der Waals surface area (Å²) in [5.41, 5.74) is -1.44. The highest BCUT2D eigenvalue weighted by Crippen LogP contribution is 2.40. The molecule has 34 heavy (non-hydrogen) atoms. The van der Waals surface area contributed by atoms with E-state index < -0.39 is 78.9 Å². The lowest BCUT2D eigenvalue weighted by molar-refractivity contribution is -0.278. The van der Waals surface area contributed by atoms with Gasteiger partial charge in [0.1, 0.15) is 30.1 Å². The van der Waals surface area contributed by atoms with Gasteiger partial charge < -0.3 is 34.6 Å². The SMILES string of the molecule is COc1ccc(Cc2c(O[C@@H]3O[C@H](CO)[C@@H](O)[C@H](O)[C@H]3O)nn(C(C)C)c2C(F)(F)F)cc1F. The molecule has 0 amide bonds. The summed E-state index contributed by atoms with van der Waals surface area (Å²) in [6, 6.07) is 2.91. The second-order valence-electron chi connectivity index (χ2n) is 8.13. The van der Waals surface area contributed by atoms with Gasteiger partial charge in [-0.05, 0) is 31.5 Å². The maximum Gasteiger partial charge on any atom is 0.433 e. The highest BCUT2D eigenvalue weighted by molar-refractivity contribution is 5.40. The molecule has 3 rings (SSSR count). The molecule has 4 N–H and O–H groups in total. The zero-order valence-corrected chi connectivity index (χ0v) is 18.5. The van der Waals surface area contributed by atoms with E-state index in [0.29, 0.717) is 4.68 Å². The zero-order chi connectivity index (χ0) is 25.4. The van der Waals surface area contributed by atoms with E-state index in [1.54, 1.807) is 0 Å². The summed E-state index contributed by atoms with van der Waals surface area (Å²) in [5.74, 6) is -1.43. The Morgan fingerprint density at radius 3 is 2.35 bits per heavy atom. The molecule has 0 radical (unpaired) electrons. The van der Waals surface area contributed by atoms with Crippen molar-refractivity contribution in [2.24, 2.45) is 0 Å². The van der Waals surface area contributed by atoms with Gasteiger partial charge in [0.05, 0.1) is 19.3 Å². The lowest BCUT2D eigenvalue weighted by Gasteiger charge is -2.39. The van der Waals surface area contributed by atoms with Gasteiger partial charge >= 0.3 is 6.18 Å². The van der Waals surface area contributed by atoms with Gasteiger partial charge in [-0.25, -0.2) is 4.39 Å². The molecule has 13 heteroatoms. The molecule has 2 aromatic rings. The van der Waals surface area contributed by atoms with Crippen LogP contribution in [0.15, 0.2) is 18.2 Å². The Labute approximate surface area is 192 Å². The number of halogens is 4. The quantitative estimate of drug-likeness (QED) is 0.426.